The lowest BCUT2D eigenvalue weighted by atomic mass is 10.1. The highest BCUT2D eigenvalue weighted by Gasteiger charge is 2.25. The van der Waals surface area contributed by atoms with Gasteiger partial charge in [-0.2, -0.15) is 0 Å². The van der Waals surface area contributed by atoms with Crippen LogP contribution in [0.15, 0.2) is 36.4 Å². The van der Waals surface area contributed by atoms with Crippen molar-refractivity contribution < 1.29 is 9.90 Å². The van der Waals surface area contributed by atoms with Crippen molar-refractivity contribution in [3.63, 3.8) is 0 Å². The highest BCUT2D eigenvalue weighted by molar-refractivity contribution is 6.30. The summed E-state index contributed by atoms with van der Waals surface area (Å²) in [5.74, 6) is -0.201. The Bertz CT molecular complexity index is 712. The number of hydrogen-bond acceptors (Lipinski definition) is 2. The Hall–Kier alpha value is -2.00. The summed E-state index contributed by atoms with van der Waals surface area (Å²) in [5, 5.41) is 13.7. The van der Waals surface area contributed by atoms with Gasteiger partial charge in [-0.25, -0.2) is 0 Å². The zero-order valence-electron chi connectivity index (χ0n) is 11.7. The van der Waals surface area contributed by atoms with Crippen LogP contribution in [0.25, 0.3) is 0 Å². The van der Waals surface area contributed by atoms with E-state index in [-0.39, 0.29) is 17.7 Å². The lowest BCUT2D eigenvalue weighted by molar-refractivity contribution is 0.0934. The second-order valence-electron chi connectivity index (χ2n) is 5.38. The molecule has 0 heterocycles. The van der Waals surface area contributed by atoms with E-state index < -0.39 is 0 Å². The Labute approximate surface area is 128 Å². The first-order valence-corrected chi connectivity index (χ1v) is 7.32. The summed E-state index contributed by atoms with van der Waals surface area (Å²) < 4.78 is 0. The average molecular weight is 302 g/mol. The second kappa shape index (κ2) is 5.41. The fraction of sp³-hybridized carbons (Fsp3) is 0.235. The monoisotopic (exact) mass is 301 g/mol. The standard InChI is InChI=1S/C17H16ClNO2/c1-10-3-2-4-14(16(10)20)17(21)19-15-8-5-11-9-12(18)6-7-13(11)15/h2-4,6-7,9,15,20H,5,8H2,1H3,(H,19,21)/t15-/m1/s1. The van der Waals surface area contributed by atoms with Crippen LogP contribution >= 0.6 is 11.6 Å². The smallest absolute Gasteiger partial charge is 0.255 e. The number of para-hydroxylation sites is 1. The molecule has 1 amide bonds. The summed E-state index contributed by atoms with van der Waals surface area (Å²) in [6, 6.07) is 10.9. The molecule has 0 saturated carbocycles. The molecule has 0 unspecified atom stereocenters. The van der Waals surface area contributed by atoms with Gasteiger partial charge >= 0.3 is 0 Å². The van der Waals surface area contributed by atoms with Gasteiger partial charge in [0, 0.05) is 5.02 Å². The van der Waals surface area contributed by atoms with Crippen molar-refractivity contribution in [1.82, 2.24) is 5.32 Å². The number of fused-ring (bicyclic) bond motifs is 1. The van der Waals surface area contributed by atoms with Crippen molar-refractivity contribution in [3.05, 3.63) is 63.7 Å². The normalized spacial score (nSPS) is 16.6. The molecule has 1 aliphatic rings. The highest BCUT2D eigenvalue weighted by atomic mass is 35.5. The molecule has 0 saturated heterocycles. The maximum Gasteiger partial charge on any atom is 0.255 e. The Kier molecular flexibility index (Phi) is 3.60. The first-order valence-electron chi connectivity index (χ1n) is 6.94. The number of aromatic hydroxyl groups is 1. The minimum atomic E-state index is -0.246. The third-order valence-corrected chi connectivity index (χ3v) is 4.21. The number of nitrogens with one attached hydrogen (secondary N) is 1. The van der Waals surface area contributed by atoms with E-state index in [0.717, 1.165) is 23.4 Å². The zero-order chi connectivity index (χ0) is 15.0. The first kappa shape index (κ1) is 14.0. The van der Waals surface area contributed by atoms with E-state index in [2.05, 4.69) is 5.32 Å². The summed E-state index contributed by atoms with van der Waals surface area (Å²) in [6.07, 6.45) is 1.76. The Morgan fingerprint density at radius 1 is 1.33 bits per heavy atom. The highest BCUT2D eigenvalue weighted by Crippen LogP contribution is 2.33. The van der Waals surface area contributed by atoms with Gasteiger partial charge in [0.15, 0.2) is 0 Å². The molecule has 3 rings (SSSR count). The SMILES string of the molecule is Cc1cccc(C(=O)N[C@@H]2CCc3cc(Cl)ccc32)c1O. The molecule has 0 aromatic heterocycles. The predicted molar refractivity (Wildman–Crippen MR) is 82.8 cm³/mol. The van der Waals surface area contributed by atoms with Crippen LogP contribution in [0.1, 0.15) is 39.5 Å². The molecule has 4 heteroatoms. The molecule has 0 spiro atoms. The van der Waals surface area contributed by atoms with E-state index in [1.807, 2.05) is 18.2 Å². The molecule has 3 nitrogen and oxygen atoms in total. The summed E-state index contributed by atoms with van der Waals surface area (Å²) in [6.45, 7) is 1.78. The molecule has 0 bridgehead atoms. The molecule has 1 atom stereocenters. The van der Waals surface area contributed by atoms with E-state index in [9.17, 15) is 9.90 Å². The third kappa shape index (κ3) is 2.61. The molecule has 0 aliphatic heterocycles. The van der Waals surface area contributed by atoms with Crippen LogP contribution in [-0.2, 0) is 6.42 Å². The summed E-state index contributed by atoms with van der Waals surface area (Å²) in [5.41, 5.74) is 3.31. The van der Waals surface area contributed by atoms with Gasteiger partial charge in [0.05, 0.1) is 11.6 Å². The van der Waals surface area contributed by atoms with Crippen molar-refractivity contribution in [1.29, 1.82) is 0 Å². The van der Waals surface area contributed by atoms with Crippen LogP contribution in [0.3, 0.4) is 0 Å². The number of phenols is 1. The molecular weight excluding hydrogens is 286 g/mol. The fourth-order valence-electron chi connectivity index (χ4n) is 2.81. The fourth-order valence-corrected chi connectivity index (χ4v) is 3.01. The van der Waals surface area contributed by atoms with E-state index in [0.29, 0.717) is 11.1 Å². The van der Waals surface area contributed by atoms with Gasteiger partial charge in [-0.1, -0.05) is 29.8 Å². The van der Waals surface area contributed by atoms with Gasteiger partial charge in [-0.15, -0.1) is 0 Å². The number of hydrogen-bond donors (Lipinski definition) is 2. The van der Waals surface area contributed by atoms with Crippen LogP contribution in [0.4, 0.5) is 0 Å². The molecule has 2 aromatic carbocycles. The molecule has 0 radical (unpaired) electrons. The average Bonchev–Trinajstić information content (AvgIpc) is 2.84. The molecule has 1 aliphatic carbocycles. The number of carbonyl (C=O) groups excluding carboxylic acids is 1. The van der Waals surface area contributed by atoms with Gasteiger partial charge in [-0.3, -0.25) is 4.79 Å². The molecule has 21 heavy (non-hydrogen) atoms. The largest absolute Gasteiger partial charge is 0.507 e. The second-order valence-corrected chi connectivity index (χ2v) is 5.82. The van der Waals surface area contributed by atoms with E-state index in [4.69, 9.17) is 11.6 Å². The Morgan fingerprint density at radius 3 is 2.95 bits per heavy atom. The lowest BCUT2D eigenvalue weighted by Gasteiger charge is -2.15. The van der Waals surface area contributed by atoms with Crippen LogP contribution in [0, 0.1) is 6.92 Å². The number of benzene rings is 2. The van der Waals surface area contributed by atoms with Crippen molar-refractivity contribution in [2.45, 2.75) is 25.8 Å². The van der Waals surface area contributed by atoms with E-state index in [1.165, 1.54) is 5.56 Å². The first-order chi connectivity index (χ1) is 10.1. The van der Waals surface area contributed by atoms with Gasteiger partial charge in [0.1, 0.15) is 5.75 Å². The summed E-state index contributed by atoms with van der Waals surface area (Å²) in [4.78, 5) is 12.4. The van der Waals surface area contributed by atoms with Crippen molar-refractivity contribution in [3.8, 4) is 5.75 Å². The maximum atomic E-state index is 12.4. The third-order valence-electron chi connectivity index (χ3n) is 3.97. The summed E-state index contributed by atoms with van der Waals surface area (Å²) >= 11 is 5.99. The van der Waals surface area contributed by atoms with E-state index >= 15 is 0 Å². The molecule has 2 N–H and O–H groups in total. The van der Waals surface area contributed by atoms with Crippen LogP contribution in [0.5, 0.6) is 5.75 Å². The van der Waals surface area contributed by atoms with Crippen LogP contribution < -0.4 is 5.32 Å². The van der Waals surface area contributed by atoms with Crippen LogP contribution in [-0.4, -0.2) is 11.0 Å². The quantitative estimate of drug-likeness (QED) is 0.887. The van der Waals surface area contributed by atoms with E-state index in [1.54, 1.807) is 25.1 Å². The number of amides is 1. The number of carbonyl (C=O) groups is 1. The Balaban J connectivity index is 1.83. The predicted octanol–water partition coefficient (Wildman–Crippen LogP) is 3.77. The molecular formula is C17H16ClNO2. The number of aryl methyl sites for hydroxylation is 2. The van der Waals surface area contributed by atoms with Crippen molar-refractivity contribution in [2.24, 2.45) is 0 Å². The topological polar surface area (TPSA) is 49.3 Å². The minimum absolute atomic E-state index is 0.0234. The number of halogens is 1. The number of rotatable bonds is 2. The number of phenolic OH excluding ortho intramolecular Hbond substituents is 1. The minimum Gasteiger partial charge on any atom is -0.507 e. The van der Waals surface area contributed by atoms with Gasteiger partial charge < -0.3 is 10.4 Å². The van der Waals surface area contributed by atoms with Gasteiger partial charge in [-0.05, 0) is 54.7 Å². The van der Waals surface area contributed by atoms with Crippen molar-refractivity contribution >= 4 is 17.5 Å². The van der Waals surface area contributed by atoms with Gasteiger partial charge in [0.2, 0.25) is 0 Å². The van der Waals surface area contributed by atoms with Gasteiger partial charge in [0.25, 0.3) is 5.91 Å². The maximum absolute atomic E-state index is 12.4. The lowest BCUT2D eigenvalue weighted by Crippen LogP contribution is -2.27. The summed E-state index contributed by atoms with van der Waals surface area (Å²) in [7, 11) is 0. The molecule has 108 valence electrons. The zero-order valence-corrected chi connectivity index (χ0v) is 12.4. The molecule has 0 fully saturated rings. The Morgan fingerprint density at radius 2 is 2.14 bits per heavy atom. The van der Waals surface area contributed by atoms with Crippen molar-refractivity contribution in [2.75, 3.05) is 0 Å². The molecule has 2 aromatic rings. The van der Waals surface area contributed by atoms with Crippen LogP contribution in [0.2, 0.25) is 5.02 Å².